The van der Waals surface area contributed by atoms with Crippen LogP contribution in [-0.2, 0) is 11.5 Å². The zero-order valence-electron chi connectivity index (χ0n) is 10.5. The van der Waals surface area contributed by atoms with Crippen LogP contribution in [0.4, 0.5) is 18.9 Å². The quantitative estimate of drug-likeness (QED) is 0.749. The molecule has 0 fully saturated rings. The highest BCUT2D eigenvalue weighted by Gasteiger charge is 2.33. The third kappa shape index (κ3) is 4.13. The Kier molecular flexibility index (Phi) is 5.67. The second-order valence-electron chi connectivity index (χ2n) is 3.96. The molecular formula is C13H14BrF3N2. The van der Waals surface area contributed by atoms with Crippen LogP contribution < -0.4 is 4.90 Å². The van der Waals surface area contributed by atoms with E-state index in [1.807, 2.05) is 13.0 Å². The number of alkyl halides is 4. The summed E-state index contributed by atoms with van der Waals surface area (Å²) in [5.41, 5.74) is 0.0830. The largest absolute Gasteiger partial charge is 0.416 e. The minimum Gasteiger partial charge on any atom is -0.371 e. The average Bonchev–Trinajstić information content (AvgIpc) is 2.38. The van der Waals surface area contributed by atoms with Gasteiger partial charge in [0.05, 0.1) is 18.1 Å². The molecule has 2 nitrogen and oxygen atoms in total. The monoisotopic (exact) mass is 334 g/mol. The molecule has 6 heteroatoms. The van der Waals surface area contributed by atoms with Gasteiger partial charge in [0, 0.05) is 24.1 Å². The molecule has 0 saturated heterocycles. The molecule has 1 aromatic carbocycles. The summed E-state index contributed by atoms with van der Waals surface area (Å²) in [6.45, 7) is 2.84. The van der Waals surface area contributed by atoms with E-state index in [1.54, 1.807) is 11.0 Å². The highest BCUT2D eigenvalue weighted by atomic mass is 79.9. The van der Waals surface area contributed by atoms with Gasteiger partial charge < -0.3 is 4.90 Å². The molecular weight excluding hydrogens is 321 g/mol. The minimum absolute atomic E-state index is 0.159. The predicted molar refractivity (Wildman–Crippen MR) is 72.2 cm³/mol. The highest BCUT2D eigenvalue weighted by molar-refractivity contribution is 9.08. The predicted octanol–water partition coefficient (Wildman–Crippen LogP) is 4.34. The first-order chi connectivity index (χ1) is 8.93. The van der Waals surface area contributed by atoms with Gasteiger partial charge in [-0.25, -0.2) is 0 Å². The summed E-state index contributed by atoms with van der Waals surface area (Å²) in [5.74, 6) is 0. The number of hydrogen-bond acceptors (Lipinski definition) is 2. The zero-order chi connectivity index (χ0) is 14.5. The van der Waals surface area contributed by atoms with Crippen LogP contribution in [0.1, 0.15) is 24.5 Å². The maximum atomic E-state index is 12.9. The number of halogens is 4. The number of anilines is 1. The van der Waals surface area contributed by atoms with E-state index in [0.29, 0.717) is 18.8 Å². The Bertz CT molecular complexity index is 466. The fraction of sp³-hybridized carbons (Fsp3) is 0.462. The van der Waals surface area contributed by atoms with Crippen molar-refractivity contribution in [1.29, 1.82) is 5.26 Å². The second-order valence-corrected chi connectivity index (χ2v) is 4.52. The summed E-state index contributed by atoms with van der Waals surface area (Å²) in [5, 5.41) is 8.72. The number of nitrogens with zero attached hydrogens (tertiary/aromatic N) is 2. The van der Waals surface area contributed by atoms with Crippen LogP contribution in [0.15, 0.2) is 18.2 Å². The third-order valence-electron chi connectivity index (χ3n) is 2.78. The van der Waals surface area contributed by atoms with Crippen LogP contribution in [-0.4, -0.2) is 13.1 Å². The van der Waals surface area contributed by atoms with E-state index < -0.39 is 11.7 Å². The van der Waals surface area contributed by atoms with E-state index >= 15 is 0 Å². The first-order valence-electron chi connectivity index (χ1n) is 5.82. The van der Waals surface area contributed by atoms with Gasteiger partial charge >= 0.3 is 6.18 Å². The van der Waals surface area contributed by atoms with Crippen LogP contribution in [0, 0.1) is 11.3 Å². The first-order valence-corrected chi connectivity index (χ1v) is 6.94. The third-order valence-corrected chi connectivity index (χ3v) is 3.39. The summed E-state index contributed by atoms with van der Waals surface area (Å²) in [4.78, 5) is 1.76. The fourth-order valence-corrected chi connectivity index (χ4v) is 2.29. The normalized spacial score (nSPS) is 11.2. The molecule has 0 N–H and O–H groups in total. The van der Waals surface area contributed by atoms with Gasteiger partial charge in [0.25, 0.3) is 0 Å². The van der Waals surface area contributed by atoms with E-state index in [4.69, 9.17) is 5.26 Å². The van der Waals surface area contributed by atoms with E-state index in [0.717, 1.165) is 6.07 Å². The molecule has 104 valence electrons. The lowest BCUT2D eigenvalue weighted by Gasteiger charge is -2.23. The van der Waals surface area contributed by atoms with Crippen molar-refractivity contribution in [2.75, 3.05) is 18.0 Å². The molecule has 0 amide bonds. The smallest absolute Gasteiger partial charge is 0.371 e. The van der Waals surface area contributed by atoms with E-state index in [1.165, 1.54) is 6.07 Å². The lowest BCUT2D eigenvalue weighted by Crippen LogP contribution is -2.24. The molecule has 0 bridgehead atoms. The van der Waals surface area contributed by atoms with Gasteiger partial charge in [-0.3, -0.25) is 0 Å². The number of rotatable bonds is 5. The van der Waals surface area contributed by atoms with Gasteiger partial charge in [-0.1, -0.05) is 22.0 Å². The van der Waals surface area contributed by atoms with Crippen molar-refractivity contribution >= 4 is 21.6 Å². The van der Waals surface area contributed by atoms with Crippen LogP contribution in [0.3, 0.4) is 0 Å². The van der Waals surface area contributed by atoms with Gasteiger partial charge in [-0.15, -0.1) is 0 Å². The van der Waals surface area contributed by atoms with Crippen molar-refractivity contribution in [3.05, 3.63) is 29.3 Å². The summed E-state index contributed by atoms with van der Waals surface area (Å²) < 4.78 is 38.8. The molecule has 0 heterocycles. The Morgan fingerprint density at radius 1 is 1.37 bits per heavy atom. The second kappa shape index (κ2) is 6.80. The molecule has 19 heavy (non-hydrogen) atoms. The maximum absolute atomic E-state index is 12.9. The lowest BCUT2D eigenvalue weighted by atomic mass is 10.1. The molecule has 0 unspecified atom stereocenters. The Labute approximate surface area is 119 Å². The molecule has 0 aliphatic carbocycles. The standard InChI is InChI=1S/C13H14BrF3N2/c1-2-19(7-3-6-18)11-5-4-10(9-14)12(8-11)13(15,16)17/h4-5,8H,2-3,7,9H2,1H3. The number of nitriles is 1. The molecule has 1 aromatic rings. The zero-order valence-corrected chi connectivity index (χ0v) is 12.1. The molecule has 0 spiro atoms. The molecule has 0 atom stereocenters. The Balaban J connectivity index is 3.13. The number of hydrogen-bond donors (Lipinski definition) is 0. The molecule has 0 radical (unpaired) electrons. The van der Waals surface area contributed by atoms with Crippen LogP contribution in [0.25, 0.3) is 0 Å². The van der Waals surface area contributed by atoms with Gasteiger partial charge in [0.15, 0.2) is 0 Å². The fourth-order valence-electron chi connectivity index (χ4n) is 1.80. The SMILES string of the molecule is CCN(CCC#N)c1ccc(CBr)c(C(F)(F)F)c1. The summed E-state index contributed by atoms with van der Waals surface area (Å²) in [6.07, 6.45) is -4.08. The molecule has 0 aliphatic heterocycles. The van der Waals surface area contributed by atoms with Crippen molar-refractivity contribution in [3.8, 4) is 6.07 Å². The summed E-state index contributed by atoms with van der Waals surface area (Å²) in [7, 11) is 0. The molecule has 0 saturated carbocycles. The van der Waals surface area contributed by atoms with Crippen molar-refractivity contribution in [2.24, 2.45) is 0 Å². The molecule has 1 rings (SSSR count). The summed E-state index contributed by atoms with van der Waals surface area (Å²) >= 11 is 3.06. The topological polar surface area (TPSA) is 27.0 Å². The Morgan fingerprint density at radius 2 is 2.05 bits per heavy atom. The van der Waals surface area contributed by atoms with Crippen LogP contribution >= 0.6 is 15.9 Å². The van der Waals surface area contributed by atoms with Crippen molar-refractivity contribution in [1.82, 2.24) is 0 Å². The first kappa shape index (κ1) is 15.8. The van der Waals surface area contributed by atoms with E-state index in [-0.39, 0.29) is 17.3 Å². The molecule has 0 aliphatic rings. The minimum atomic E-state index is -4.37. The average molecular weight is 335 g/mol. The van der Waals surface area contributed by atoms with Gasteiger partial charge in [0.1, 0.15) is 0 Å². The Hall–Kier alpha value is -1.22. The van der Waals surface area contributed by atoms with Crippen molar-refractivity contribution in [2.45, 2.75) is 24.9 Å². The lowest BCUT2D eigenvalue weighted by molar-refractivity contribution is -0.138. The molecule has 0 aromatic heterocycles. The Morgan fingerprint density at radius 3 is 2.53 bits per heavy atom. The van der Waals surface area contributed by atoms with Gasteiger partial charge in [0.2, 0.25) is 0 Å². The highest BCUT2D eigenvalue weighted by Crippen LogP contribution is 2.35. The van der Waals surface area contributed by atoms with Gasteiger partial charge in [-0.2, -0.15) is 18.4 Å². The van der Waals surface area contributed by atoms with Crippen LogP contribution in [0.5, 0.6) is 0 Å². The summed E-state index contributed by atoms with van der Waals surface area (Å²) in [6, 6.07) is 6.28. The number of benzene rings is 1. The van der Waals surface area contributed by atoms with E-state index in [2.05, 4.69) is 15.9 Å². The maximum Gasteiger partial charge on any atom is 0.416 e. The van der Waals surface area contributed by atoms with Crippen LogP contribution in [0.2, 0.25) is 0 Å². The van der Waals surface area contributed by atoms with Crippen molar-refractivity contribution in [3.63, 3.8) is 0 Å². The van der Waals surface area contributed by atoms with E-state index in [9.17, 15) is 13.2 Å². The van der Waals surface area contributed by atoms with Crippen molar-refractivity contribution < 1.29 is 13.2 Å². The van der Waals surface area contributed by atoms with Gasteiger partial charge in [-0.05, 0) is 24.6 Å².